The van der Waals surface area contributed by atoms with Crippen LogP contribution in [0.3, 0.4) is 0 Å². The topological polar surface area (TPSA) is 24.9 Å². The smallest absolute Gasteiger partial charge is 0.141 e. The van der Waals surface area contributed by atoms with Crippen LogP contribution in [-0.4, -0.2) is 18.1 Å². The number of aromatic nitrogens is 1. The van der Waals surface area contributed by atoms with Gasteiger partial charge >= 0.3 is 0 Å². The maximum Gasteiger partial charge on any atom is 0.141 e. The summed E-state index contributed by atoms with van der Waals surface area (Å²) >= 11 is 0. The molecule has 96 valence electrons. The highest BCUT2D eigenvalue weighted by Crippen LogP contribution is 2.26. The Bertz CT molecular complexity index is 348. The van der Waals surface area contributed by atoms with Gasteiger partial charge in [0, 0.05) is 6.20 Å². The van der Waals surface area contributed by atoms with Gasteiger partial charge in [0.15, 0.2) is 0 Å². The molecule has 0 saturated heterocycles. The summed E-state index contributed by atoms with van der Waals surface area (Å²) in [6.45, 7) is 10.6. The predicted octanol–water partition coefficient (Wildman–Crippen LogP) is 3.13. The molecule has 0 amide bonds. The Balaban J connectivity index is 2.50. The minimum atomic E-state index is -0.259. The number of nitrogens with one attached hydrogen (secondary N) is 1. The molecule has 0 unspecified atom stereocenters. The molecule has 1 N–H and O–H groups in total. The van der Waals surface area contributed by atoms with E-state index in [2.05, 4.69) is 38.0 Å². The monoisotopic (exact) mass is 238 g/mol. The minimum Gasteiger partial charge on any atom is -0.316 e. The fourth-order valence-corrected chi connectivity index (χ4v) is 1.72. The SMILES string of the molecule is CC(C)CNCCC(C)(C)c1cncc(F)c1. The van der Waals surface area contributed by atoms with Crippen molar-refractivity contribution in [3.05, 3.63) is 29.8 Å². The Morgan fingerprint density at radius 2 is 2.06 bits per heavy atom. The standard InChI is InChI=1S/C14H23FN2/c1-11(2)8-16-6-5-14(3,4)12-7-13(15)10-17-9-12/h7,9-11,16H,5-6,8H2,1-4H3. The first-order valence-electron chi connectivity index (χ1n) is 6.23. The zero-order valence-corrected chi connectivity index (χ0v) is 11.3. The third-order valence-corrected chi connectivity index (χ3v) is 2.97. The van der Waals surface area contributed by atoms with Gasteiger partial charge in [0.2, 0.25) is 0 Å². The van der Waals surface area contributed by atoms with Crippen LogP contribution in [-0.2, 0) is 5.41 Å². The van der Waals surface area contributed by atoms with Crippen LogP contribution in [0.5, 0.6) is 0 Å². The van der Waals surface area contributed by atoms with Crippen molar-refractivity contribution in [3.63, 3.8) is 0 Å². The Hall–Kier alpha value is -0.960. The molecule has 1 rings (SSSR count). The summed E-state index contributed by atoms with van der Waals surface area (Å²) in [5.41, 5.74) is 0.919. The lowest BCUT2D eigenvalue weighted by atomic mass is 9.82. The van der Waals surface area contributed by atoms with Crippen molar-refractivity contribution in [1.29, 1.82) is 0 Å². The van der Waals surface area contributed by atoms with Gasteiger partial charge in [-0.05, 0) is 42.5 Å². The van der Waals surface area contributed by atoms with Crippen molar-refractivity contribution < 1.29 is 4.39 Å². The molecule has 0 aliphatic rings. The van der Waals surface area contributed by atoms with E-state index >= 15 is 0 Å². The Kier molecular flexibility index (Phi) is 5.06. The summed E-state index contributed by atoms with van der Waals surface area (Å²) in [5, 5.41) is 3.41. The highest BCUT2D eigenvalue weighted by molar-refractivity contribution is 5.20. The molecule has 17 heavy (non-hydrogen) atoms. The lowest BCUT2D eigenvalue weighted by Gasteiger charge is -2.25. The summed E-state index contributed by atoms with van der Waals surface area (Å²) in [4.78, 5) is 3.91. The molecule has 1 heterocycles. The Morgan fingerprint density at radius 3 is 2.65 bits per heavy atom. The van der Waals surface area contributed by atoms with E-state index in [-0.39, 0.29) is 11.2 Å². The van der Waals surface area contributed by atoms with Gasteiger partial charge in [0.05, 0.1) is 6.20 Å². The second-order valence-corrected chi connectivity index (χ2v) is 5.62. The van der Waals surface area contributed by atoms with E-state index in [9.17, 15) is 4.39 Å². The van der Waals surface area contributed by atoms with E-state index in [0.717, 1.165) is 25.1 Å². The minimum absolute atomic E-state index is 0.0426. The zero-order chi connectivity index (χ0) is 12.9. The van der Waals surface area contributed by atoms with Gasteiger partial charge in [0.1, 0.15) is 5.82 Å². The molecule has 0 saturated carbocycles. The third-order valence-electron chi connectivity index (χ3n) is 2.97. The van der Waals surface area contributed by atoms with Crippen LogP contribution in [0.2, 0.25) is 0 Å². The molecule has 0 bridgehead atoms. The molecule has 3 heteroatoms. The van der Waals surface area contributed by atoms with Gasteiger partial charge < -0.3 is 5.32 Å². The van der Waals surface area contributed by atoms with E-state index in [4.69, 9.17) is 0 Å². The molecule has 0 atom stereocenters. The van der Waals surface area contributed by atoms with Crippen molar-refractivity contribution in [2.45, 2.75) is 39.5 Å². The van der Waals surface area contributed by atoms with Crippen LogP contribution in [0.25, 0.3) is 0 Å². The van der Waals surface area contributed by atoms with Gasteiger partial charge in [-0.2, -0.15) is 0 Å². The van der Waals surface area contributed by atoms with Crippen LogP contribution >= 0.6 is 0 Å². The Morgan fingerprint density at radius 1 is 1.35 bits per heavy atom. The summed E-state index contributed by atoms with van der Waals surface area (Å²) in [6, 6.07) is 1.58. The zero-order valence-electron chi connectivity index (χ0n) is 11.3. The summed E-state index contributed by atoms with van der Waals surface area (Å²) < 4.78 is 13.1. The molecule has 0 radical (unpaired) electrons. The van der Waals surface area contributed by atoms with E-state index in [1.165, 1.54) is 6.20 Å². The number of hydrogen-bond donors (Lipinski definition) is 1. The highest BCUT2D eigenvalue weighted by atomic mass is 19.1. The van der Waals surface area contributed by atoms with Gasteiger partial charge in [-0.15, -0.1) is 0 Å². The number of nitrogens with zero attached hydrogens (tertiary/aromatic N) is 1. The average molecular weight is 238 g/mol. The molecule has 0 aliphatic carbocycles. The largest absolute Gasteiger partial charge is 0.316 e. The number of rotatable bonds is 6. The van der Waals surface area contributed by atoms with Crippen LogP contribution < -0.4 is 5.32 Å². The van der Waals surface area contributed by atoms with Gasteiger partial charge in [-0.1, -0.05) is 27.7 Å². The van der Waals surface area contributed by atoms with Crippen molar-refractivity contribution in [2.75, 3.05) is 13.1 Å². The van der Waals surface area contributed by atoms with Crippen LogP contribution in [0.15, 0.2) is 18.5 Å². The van der Waals surface area contributed by atoms with Crippen LogP contribution in [0, 0.1) is 11.7 Å². The first-order chi connectivity index (χ1) is 7.92. The maximum absolute atomic E-state index is 13.1. The molecular formula is C14H23FN2. The molecule has 2 nitrogen and oxygen atoms in total. The lowest BCUT2D eigenvalue weighted by Crippen LogP contribution is -2.27. The van der Waals surface area contributed by atoms with Crippen molar-refractivity contribution in [1.82, 2.24) is 10.3 Å². The van der Waals surface area contributed by atoms with E-state index < -0.39 is 0 Å². The van der Waals surface area contributed by atoms with Crippen LogP contribution in [0.4, 0.5) is 4.39 Å². The molecule has 0 spiro atoms. The lowest BCUT2D eigenvalue weighted by molar-refractivity contribution is 0.438. The third kappa shape index (κ3) is 4.82. The fraction of sp³-hybridized carbons (Fsp3) is 0.643. The summed E-state index contributed by atoms with van der Waals surface area (Å²) in [6.07, 6.45) is 3.98. The molecule has 0 aromatic carbocycles. The van der Waals surface area contributed by atoms with E-state index in [1.807, 2.05) is 0 Å². The molecule has 0 aliphatic heterocycles. The highest BCUT2D eigenvalue weighted by Gasteiger charge is 2.20. The molecular weight excluding hydrogens is 215 g/mol. The summed E-state index contributed by atoms with van der Waals surface area (Å²) in [7, 11) is 0. The fourth-order valence-electron chi connectivity index (χ4n) is 1.72. The molecule has 1 aromatic heterocycles. The van der Waals surface area contributed by atoms with Crippen molar-refractivity contribution in [2.24, 2.45) is 5.92 Å². The number of pyridine rings is 1. The van der Waals surface area contributed by atoms with Gasteiger partial charge in [-0.3, -0.25) is 4.98 Å². The number of hydrogen-bond acceptors (Lipinski definition) is 2. The quantitative estimate of drug-likeness (QED) is 0.770. The second kappa shape index (κ2) is 6.10. The van der Waals surface area contributed by atoms with Crippen molar-refractivity contribution >= 4 is 0 Å². The maximum atomic E-state index is 13.1. The molecule has 1 aromatic rings. The van der Waals surface area contributed by atoms with Gasteiger partial charge in [0.25, 0.3) is 0 Å². The first kappa shape index (κ1) is 14.1. The van der Waals surface area contributed by atoms with Crippen molar-refractivity contribution in [3.8, 4) is 0 Å². The first-order valence-corrected chi connectivity index (χ1v) is 6.23. The van der Waals surface area contributed by atoms with E-state index in [1.54, 1.807) is 12.3 Å². The number of halogens is 1. The second-order valence-electron chi connectivity index (χ2n) is 5.62. The average Bonchev–Trinajstić information content (AvgIpc) is 2.24. The predicted molar refractivity (Wildman–Crippen MR) is 69.5 cm³/mol. The Labute approximate surface area is 104 Å². The van der Waals surface area contributed by atoms with Gasteiger partial charge in [-0.25, -0.2) is 4.39 Å². The molecule has 0 fully saturated rings. The summed E-state index contributed by atoms with van der Waals surface area (Å²) in [5.74, 6) is 0.402. The van der Waals surface area contributed by atoms with Crippen LogP contribution in [0.1, 0.15) is 39.7 Å². The van der Waals surface area contributed by atoms with E-state index in [0.29, 0.717) is 5.92 Å². The normalized spacial score (nSPS) is 12.1.